The number of nitrogens with zero attached hydrogens (tertiary/aromatic N) is 3. The van der Waals surface area contributed by atoms with Crippen molar-refractivity contribution in [1.82, 2.24) is 14.1 Å². The van der Waals surface area contributed by atoms with E-state index in [0.29, 0.717) is 17.8 Å². The van der Waals surface area contributed by atoms with Crippen LogP contribution in [-0.4, -0.2) is 67.5 Å². The van der Waals surface area contributed by atoms with Crippen molar-refractivity contribution in [3.05, 3.63) is 23.7 Å². The molecule has 0 aromatic carbocycles. The summed E-state index contributed by atoms with van der Waals surface area (Å²) < 4.78 is 30.0. The molecule has 0 amide bonds. The van der Waals surface area contributed by atoms with E-state index in [-0.39, 0.29) is 6.54 Å². The topological polar surface area (TPSA) is 57.0 Å². The number of rotatable bonds is 6. The van der Waals surface area contributed by atoms with Gasteiger partial charge in [-0.05, 0) is 38.4 Å². The first kappa shape index (κ1) is 17.9. The zero-order valence-electron chi connectivity index (χ0n) is 14.9. The highest BCUT2D eigenvalue weighted by Crippen LogP contribution is 2.25. The molecule has 7 heteroatoms. The first-order valence-corrected chi connectivity index (χ1v) is 10.6. The fraction of sp³-hybridized carbons (Fsp3) is 0.765. The Kier molecular flexibility index (Phi) is 5.34. The van der Waals surface area contributed by atoms with Gasteiger partial charge in [0.2, 0.25) is 10.0 Å². The standard InChI is InChI=1S/C17H29N3O3S/c1-14-6-4-5-9-20(14)15-10-19(11-15)13-17-8-7-16(23-17)12-18(2)24(3,21)22/h7-8,14-15H,4-6,9-13H2,1-3H3/t14-/m1/s1. The Labute approximate surface area is 145 Å². The van der Waals surface area contributed by atoms with Crippen LogP contribution in [0.1, 0.15) is 37.7 Å². The van der Waals surface area contributed by atoms with Gasteiger partial charge in [0.05, 0.1) is 19.3 Å². The number of furan rings is 1. The molecule has 0 spiro atoms. The van der Waals surface area contributed by atoms with Gasteiger partial charge in [-0.3, -0.25) is 9.80 Å². The predicted molar refractivity (Wildman–Crippen MR) is 94.1 cm³/mol. The maximum Gasteiger partial charge on any atom is 0.211 e. The van der Waals surface area contributed by atoms with Crippen molar-refractivity contribution in [3.63, 3.8) is 0 Å². The molecule has 24 heavy (non-hydrogen) atoms. The Bertz CT molecular complexity index is 652. The SMILES string of the molecule is C[C@@H]1CCCCN1C1CN(Cc2ccc(CN(C)S(C)(=O)=O)o2)C1. The second kappa shape index (κ2) is 7.15. The highest BCUT2D eigenvalue weighted by Gasteiger charge is 2.35. The lowest BCUT2D eigenvalue weighted by atomic mass is 9.97. The lowest BCUT2D eigenvalue weighted by molar-refractivity contribution is -0.00907. The van der Waals surface area contributed by atoms with Gasteiger partial charge in [0.1, 0.15) is 11.5 Å². The molecule has 3 rings (SSSR count). The van der Waals surface area contributed by atoms with Crippen LogP contribution in [0.3, 0.4) is 0 Å². The highest BCUT2D eigenvalue weighted by molar-refractivity contribution is 7.88. The second-order valence-electron chi connectivity index (χ2n) is 7.32. The summed E-state index contributed by atoms with van der Waals surface area (Å²) in [6, 6.07) is 5.24. The molecule has 136 valence electrons. The molecule has 1 atom stereocenters. The van der Waals surface area contributed by atoms with Crippen LogP contribution in [0.25, 0.3) is 0 Å². The van der Waals surface area contributed by atoms with Crippen molar-refractivity contribution in [2.75, 3.05) is 32.9 Å². The fourth-order valence-corrected chi connectivity index (χ4v) is 4.06. The molecule has 0 unspecified atom stereocenters. The monoisotopic (exact) mass is 355 g/mol. The average Bonchev–Trinajstić information content (AvgIpc) is 2.90. The van der Waals surface area contributed by atoms with Crippen molar-refractivity contribution >= 4 is 10.0 Å². The minimum atomic E-state index is -3.18. The molecule has 0 radical (unpaired) electrons. The fourth-order valence-electron chi connectivity index (χ4n) is 3.69. The van der Waals surface area contributed by atoms with Gasteiger partial charge in [0, 0.05) is 32.2 Å². The Morgan fingerprint density at radius 1 is 1.25 bits per heavy atom. The quantitative estimate of drug-likeness (QED) is 0.778. The van der Waals surface area contributed by atoms with Crippen LogP contribution in [0.2, 0.25) is 0 Å². The molecule has 2 fully saturated rings. The second-order valence-corrected chi connectivity index (χ2v) is 9.41. The molecule has 2 aliphatic rings. The molecule has 2 aliphatic heterocycles. The molecule has 1 aromatic heterocycles. The van der Waals surface area contributed by atoms with Crippen LogP contribution in [0.15, 0.2) is 16.5 Å². The van der Waals surface area contributed by atoms with Gasteiger partial charge in [0.15, 0.2) is 0 Å². The summed E-state index contributed by atoms with van der Waals surface area (Å²) in [5.74, 6) is 1.61. The Morgan fingerprint density at radius 3 is 2.62 bits per heavy atom. The molecule has 0 N–H and O–H groups in total. The van der Waals surface area contributed by atoms with Gasteiger partial charge in [-0.15, -0.1) is 0 Å². The minimum absolute atomic E-state index is 0.284. The molecular weight excluding hydrogens is 326 g/mol. The number of hydrogen-bond acceptors (Lipinski definition) is 5. The van der Waals surface area contributed by atoms with Crippen LogP contribution in [-0.2, 0) is 23.1 Å². The first-order chi connectivity index (χ1) is 11.3. The largest absolute Gasteiger partial charge is 0.463 e. The van der Waals surface area contributed by atoms with E-state index in [2.05, 4.69) is 16.7 Å². The first-order valence-electron chi connectivity index (χ1n) is 8.80. The van der Waals surface area contributed by atoms with E-state index in [9.17, 15) is 8.42 Å². The highest BCUT2D eigenvalue weighted by atomic mass is 32.2. The van der Waals surface area contributed by atoms with Gasteiger partial charge in [0.25, 0.3) is 0 Å². The van der Waals surface area contributed by atoms with E-state index in [4.69, 9.17) is 4.42 Å². The normalized spacial score (nSPS) is 24.4. The zero-order valence-corrected chi connectivity index (χ0v) is 15.8. The molecule has 3 heterocycles. The van der Waals surface area contributed by atoms with Crippen molar-refractivity contribution < 1.29 is 12.8 Å². The summed E-state index contributed by atoms with van der Waals surface area (Å²) in [5.41, 5.74) is 0. The molecule has 0 bridgehead atoms. The van der Waals surface area contributed by atoms with Crippen molar-refractivity contribution in [2.24, 2.45) is 0 Å². The lowest BCUT2D eigenvalue weighted by Gasteiger charge is -2.49. The smallest absolute Gasteiger partial charge is 0.211 e. The maximum absolute atomic E-state index is 11.5. The van der Waals surface area contributed by atoms with E-state index >= 15 is 0 Å². The van der Waals surface area contributed by atoms with Gasteiger partial charge in [-0.1, -0.05) is 6.42 Å². The molecule has 6 nitrogen and oxygen atoms in total. The van der Waals surface area contributed by atoms with Crippen molar-refractivity contribution in [3.8, 4) is 0 Å². The Hall–Kier alpha value is -0.890. The molecule has 2 saturated heterocycles. The van der Waals surface area contributed by atoms with Crippen molar-refractivity contribution in [2.45, 2.75) is 51.4 Å². The summed E-state index contributed by atoms with van der Waals surface area (Å²) >= 11 is 0. The summed E-state index contributed by atoms with van der Waals surface area (Å²) in [5, 5.41) is 0. The molecule has 0 aliphatic carbocycles. The number of likely N-dealkylation sites (tertiary alicyclic amines) is 2. The summed E-state index contributed by atoms with van der Waals surface area (Å²) in [6.07, 6.45) is 5.23. The third-order valence-electron chi connectivity index (χ3n) is 5.30. The van der Waals surface area contributed by atoms with Crippen LogP contribution >= 0.6 is 0 Å². The number of hydrogen-bond donors (Lipinski definition) is 0. The number of sulfonamides is 1. The third kappa shape index (κ3) is 4.20. The Balaban J connectivity index is 1.47. The lowest BCUT2D eigenvalue weighted by Crippen LogP contribution is -2.61. The number of piperidine rings is 1. The van der Waals surface area contributed by atoms with Crippen LogP contribution in [0, 0.1) is 0 Å². The summed E-state index contributed by atoms with van der Waals surface area (Å²) in [7, 11) is -1.61. The summed E-state index contributed by atoms with van der Waals surface area (Å²) in [6.45, 7) is 6.88. The van der Waals surface area contributed by atoms with Crippen LogP contribution < -0.4 is 0 Å². The maximum atomic E-state index is 11.5. The predicted octanol–water partition coefficient (Wildman–Crippen LogP) is 1.73. The van der Waals surface area contributed by atoms with Crippen molar-refractivity contribution in [1.29, 1.82) is 0 Å². The van der Waals surface area contributed by atoms with Crippen LogP contribution in [0.5, 0.6) is 0 Å². The average molecular weight is 356 g/mol. The van der Waals surface area contributed by atoms with E-state index in [1.165, 1.54) is 36.4 Å². The van der Waals surface area contributed by atoms with Gasteiger partial charge in [-0.2, -0.15) is 4.31 Å². The summed E-state index contributed by atoms with van der Waals surface area (Å²) in [4.78, 5) is 5.06. The van der Waals surface area contributed by atoms with Crippen LogP contribution in [0.4, 0.5) is 0 Å². The molecular formula is C17H29N3O3S. The zero-order chi connectivity index (χ0) is 17.3. The van der Waals surface area contributed by atoms with E-state index in [1.54, 1.807) is 7.05 Å². The van der Waals surface area contributed by atoms with E-state index in [1.807, 2.05) is 12.1 Å². The Morgan fingerprint density at radius 2 is 1.96 bits per heavy atom. The van der Waals surface area contributed by atoms with E-state index < -0.39 is 10.0 Å². The van der Waals surface area contributed by atoms with Gasteiger partial charge >= 0.3 is 0 Å². The minimum Gasteiger partial charge on any atom is -0.463 e. The third-order valence-corrected chi connectivity index (χ3v) is 6.56. The van der Waals surface area contributed by atoms with E-state index in [0.717, 1.165) is 25.4 Å². The molecule has 0 saturated carbocycles. The molecule has 1 aromatic rings. The van der Waals surface area contributed by atoms with Gasteiger partial charge in [-0.25, -0.2) is 8.42 Å². The van der Waals surface area contributed by atoms with Gasteiger partial charge < -0.3 is 4.42 Å².